The van der Waals surface area contributed by atoms with Gasteiger partial charge in [-0.15, -0.1) is 0 Å². The van der Waals surface area contributed by atoms with Crippen molar-refractivity contribution < 1.29 is 18.0 Å². The molecule has 0 bridgehead atoms. The molecule has 1 aromatic carbocycles. The molecular weight excluding hydrogens is 242 g/mol. The number of nitrogens with two attached hydrogens (primary N) is 1. The maximum Gasteiger partial charge on any atom is 0.222 e. The van der Waals surface area contributed by atoms with E-state index in [2.05, 4.69) is 5.16 Å². The predicted octanol–water partition coefficient (Wildman–Crippen LogP) is 2.53. The van der Waals surface area contributed by atoms with E-state index in [4.69, 9.17) is 15.0 Å². The van der Waals surface area contributed by atoms with Crippen molar-refractivity contribution in [3.05, 3.63) is 29.3 Å². The van der Waals surface area contributed by atoms with Gasteiger partial charge in [0.2, 0.25) is 5.88 Å². The van der Waals surface area contributed by atoms with Crippen molar-refractivity contribution in [2.45, 2.75) is 12.8 Å². The monoisotopic (exact) mass is 252 g/mol. The second-order valence-electron chi connectivity index (χ2n) is 4.09. The summed E-state index contributed by atoms with van der Waals surface area (Å²) in [6.07, 6.45) is 1.22. The van der Waals surface area contributed by atoms with Crippen LogP contribution < -0.4 is 10.5 Å². The number of rotatable bonds is 1. The molecule has 0 saturated heterocycles. The zero-order chi connectivity index (χ0) is 12.7. The molecule has 2 heterocycles. The summed E-state index contributed by atoms with van der Waals surface area (Å²) in [4.78, 5) is 0. The van der Waals surface area contributed by atoms with E-state index in [1.807, 2.05) is 0 Å². The molecule has 1 aliphatic heterocycles. The highest BCUT2D eigenvalue weighted by molar-refractivity contribution is 5.71. The van der Waals surface area contributed by atoms with E-state index in [1.165, 1.54) is 6.07 Å². The molecule has 0 fully saturated rings. The van der Waals surface area contributed by atoms with E-state index in [9.17, 15) is 8.78 Å². The molecule has 0 unspecified atom stereocenters. The SMILES string of the molecule is Nc1cc(-c2c(F)cc(F)c3c2OCCC3)no1. The number of nitrogens with zero attached hydrogens (tertiary/aromatic N) is 1. The van der Waals surface area contributed by atoms with E-state index in [0.717, 1.165) is 6.07 Å². The first-order valence-electron chi connectivity index (χ1n) is 5.53. The van der Waals surface area contributed by atoms with Gasteiger partial charge in [0, 0.05) is 17.7 Å². The molecule has 6 heteroatoms. The molecule has 0 spiro atoms. The first kappa shape index (κ1) is 11.0. The van der Waals surface area contributed by atoms with Crippen LogP contribution in [0.15, 0.2) is 16.7 Å². The number of aromatic nitrogens is 1. The third-order valence-electron chi connectivity index (χ3n) is 2.88. The lowest BCUT2D eigenvalue weighted by Gasteiger charge is -2.20. The molecule has 0 radical (unpaired) electrons. The Hall–Kier alpha value is -2.11. The van der Waals surface area contributed by atoms with Crippen LogP contribution in [0.1, 0.15) is 12.0 Å². The third-order valence-corrected chi connectivity index (χ3v) is 2.88. The average Bonchev–Trinajstić information content (AvgIpc) is 2.76. The van der Waals surface area contributed by atoms with Crippen molar-refractivity contribution >= 4 is 5.88 Å². The molecule has 0 saturated carbocycles. The van der Waals surface area contributed by atoms with Gasteiger partial charge in [-0.2, -0.15) is 0 Å². The summed E-state index contributed by atoms with van der Waals surface area (Å²) in [6, 6.07) is 2.22. The van der Waals surface area contributed by atoms with Crippen LogP contribution in [-0.2, 0) is 6.42 Å². The van der Waals surface area contributed by atoms with E-state index >= 15 is 0 Å². The number of fused-ring (bicyclic) bond motifs is 1. The van der Waals surface area contributed by atoms with Gasteiger partial charge in [-0.1, -0.05) is 5.16 Å². The van der Waals surface area contributed by atoms with Crippen molar-refractivity contribution in [3.63, 3.8) is 0 Å². The summed E-state index contributed by atoms with van der Waals surface area (Å²) in [6.45, 7) is 0.427. The van der Waals surface area contributed by atoms with Crippen LogP contribution in [0.5, 0.6) is 5.75 Å². The van der Waals surface area contributed by atoms with E-state index in [-0.39, 0.29) is 22.9 Å². The lowest BCUT2D eigenvalue weighted by atomic mass is 9.99. The Balaban J connectivity index is 2.25. The number of hydrogen-bond donors (Lipinski definition) is 1. The van der Waals surface area contributed by atoms with Crippen molar-refractivity contribution in [2.24, 2.45) is 0 Å². The van der Waals surface area contributed by atoms with Crippen LogP contribution in [0.3, 0.4) is 0 Å². The molecule has 94 valence electrons. The van der Waals surface area contributed by atoms with Crippen LogP contribution >= 0.6 is 0 Å². The second-order valence-corrected chi connectivity index (χ2v) is 4.09. The molecule has 0 atom stereocenters. The quantitative estimate of drug-likeness (QED) is 0.847. The maximum atomic E-state index is 13.9. The first-order chi connectivity index (χ1) is 8.66. The molecule has 4 nitrogen and oxygen atoms in total. The highest BCUT2D eigenvalue weighted by Gasteiger charge is 2.25. The number of hydrogen-bond acceptors (Lipinski definition) is 4. The average molecular weight is 252 g/mol. The molecular formula is C12H10F2N2O2. The van der Waals surface area contributed by atoms with Crippen LogP contribution in [0.4, 0.5) is 14.7 Å². The number of nitrogen functional groups attached to an aromatic ring is 1. The second kappa shape index (κ2) is 3.97. The molecule has 1 aliphatic rings. The maximum absolute atomic E-state index is 13.9. The Morgan fingerprint density at radius 2 is 2.06 bits per heavy atom. The topological polar surface area (TPSA) is 61.3 Å². The van der Waals surface area contributed by atoms with Crippen molar-refractivity contribution in [3.8, 4) is 17.0 Å². The molecule has 2 aromatic rings. The number of anilines is 1. The third kappa shape index (κ3) is 1.61. The van der Waals surface area contributed by atoms with Crippen molar-refractivity contribution in [2.75, 3.05) is 12.3 Å². The molecule has 2 N–H and O–H groups in total. The largest absolute Gasteiger partial charge is 0.492 e. The van der Waals surface area contributed by atoms with Gasteiger partial charge in [0.05, 0.1) is 12.2 Å². The smallest absolute Gasteiger partial charge is 0.222 e. The van der Waals surface area contributed by atoms with Gasteiger partial charge in [0.25, 0.3) is 0 Å². The normalized spacial score (nSPS) is 14.1. The van der Waals surface area contributed by atoms with Crippen LogP contribution in [-0.4, -0.2) is 11.8 Å². The Kier molecular flexibility index (Phi) is 2.43. The molecule has 18 heavy (non-hydrogen) atoms. The molecule has 1 aromatic heterocycles. The summed E-state index contributed by atoms with van der Waals surface area (Å²) in [5.74, 6) is -1.06. The van der Waals surface area contributed by atoms with Gasteiger partial charge in [0.1, 0.15) is 23.1 Å². The van der Waals surface area contributed by atoms with Crippen LogP contribution in [0.2, 0.25) is 0 Å². The lowest BCUT2D eigenvalue weighted by molar-refractivity contribution is 0.283. The van der Waals surface area contributed by atoms with E-state index < -0.39 is 11.6 Å². The highest BCUT2D eigenvalue weighted by Crippen LogP contribution is 2.39. The summed E-state index contributed by atoms with van der Waals surface area (Å²) < 4.78 is 37.6. The van der Waals surface area contributed by atoms with E-state index in [0.29, 0.717) is 25.0 Å². The Labute approximate surface area is 101 Å². The fraction of sp³-hybridized carbons (Fsp3) is 0.250. The van der Waals surface area contributed by atoms with Gasteiger partial charge in [-0.3, -0.25) is 0 Å². The summed E-state index contributed by atoms with van der Waals surface area (Å²) >= 11 is 0. The first-order valence-corrected chi connectivity index (χ1v) is 5.53. The number of halogens is 2. The zero-order valence-electron chi connectivity index (χ0n) is 9.37. The lowest BCUT2D eigenvalue weighted by Crippen LogP contribution is -2.12. The minimum atomic E-state index is -0.735. The van der Waals surface area contributed by atoms with Gasteiger partial charge in [-0.25, -0.2) is 8.78 Å². The zero-order valence-corrected chi connectivity index (χ0v) is 9.37. The van der Waals surface area contributed by atoms with Gasteiger partial charge in [0.15, 0.2) is 0 Å². The molecule has 0 amide bonds. The Morgan fingerprint density at radius 1 is 1.22 bits per heavy atom. The summed E-state index contributed by atoms with van der Waals surface area (Å²) in [7, 11) is 0. The van der Waals surface area contributed by atoms with Crippen LogP contribution in [0.25, 0.3) is 11.3 Å². The Morgan fingerprint density at radius 3 is 2.78 bits per heavy atom. The van der Waals surface area contributed by atoms with Gasteiger partial charge in [-0.05, 0) is 12.8 Å². The van der Waals surface area contributed by atoms with Crippen molar-refractivity contribution in [1.82, 2.24) is 5.16 Å². The summed E-state index contributed by atoms with van der Waals surface area (Å²) in [5.41, 5.74) is 6.09. The Bertz CT molecular complexity index is 610. The number of ether oxygens (including phenoxy) is 1. The standard InChI is InChI=1S/C12H10F2N2O2/c13-7-4-8(14)11(9-5-10(15)18-16-9)12-6(7)2-1-3-17-12/h4-5H,1-3,15H2. The van der Waals surface area contributed by atoms with Gasteiger partial charge < -0.3 is 15.0 Å². The van der Waals surface area contributed by atoms with Gasteiger partial charge >= 0.3 is 0 Å². The number of benzene rings is 1. The minimum absolute atomic E-state index is 0.0679. The van der Waals surface area contributed by atoms with Crippen molar-refractivity contribution in [1.29, 1.82) is 0 Å². The molecule has 3 rings (SSSR count). The fourth-order valence-electron chi connectivity index (χ4n) is 2.10. The fourth-order valence-corrected chi connectivity index (χ4v) is 2.10. The summed E-state index contributed by atoms with van der Waals surface area (Å²) in [5, 5.41) is 3.64. The van der Waals surface area contributed by atoms with Crippen LogP contribution in [0, 0.1) is 11.6 Å². The predicted molar refractivity (Wildman–Crippen MR) is 60.1 cm³/mol. The highest BCUT2D eigenvalue weighted by atomic mass is 19.1. The minimum Gasteiger partial charge on any atom is -0.492 e. The van der Waals surface area contributed by atoms with E-state index in [1.54, 1.807) is 0 Å². The molecule has 0 aliphatic carbocycles.